The van der Waals surface area contributed by atoms with E-state index < -0.39 is 0 Å². The van der Waals surface area contributed by atoms with Gasteiger partial charge in [-0.2, -0.15) is 0 Å². The lowest BCUT2D eigenvalue weighted by molar-refractivity contribution is 0.281. The van der Waals surface area contributed by atoms with E-state index in [1.807, 2.05) is 24.4 Å². The molecule has 0 radical (unpaired) electrons. The van der Waals surface area contributed by atoms with E-state index in [9.17, 15) is 5.11 Å². The van der Waals surface area contributed by atoms with Crippen molar-refractivity contribution in [1.82, 2.24) is 4.57 Å². The Labute approximate surface area is 101 Å². The van der Waals surface area contributed by atoms with Crippen molar-refractivity contribution in [3.63, 3.8) is 0 Å². The molecule has 0 spiro atoms. The molecule has 0 saturated carbocycles. The molecule has 2 N–H and O–H groups in total. The topological polar surface area (TPSA) is 45.4 Å². The number of aromatic nitrogens is 1. The number of fused-ring (bicyclic) bond motifs is 1. The van der Waals surface area contributed by atoms with Gasteiger partial charge in [-0.05, 0) is 25.3 Å². The van der Waals surface area contributed by atoms with Crippen LogP contribution in [0.3, 0.4) is 0 Å². The number of benzene rings is 1. The van der Waals surface area contributed by atoms with Gasteiger partial charge in [0.05, 0.1) is 6.61 Å². The normalized spacial score (nSPS) is 11.2. The minimum Gasteiger partial charge on any atom is -0.396 e. The maximum Gasteiger partial charge on any atom is 0.0702 e. The summed E-state index contributed by atoms with van der Waals surface area (Å²) in [5, 5.41) is 19.2. The molecular formula is C14H19NO2. The molecule has 0 amide bonds. The molecule has 0 aliphatic carbocycles. The van der Waals surface area contributed by atoms with Crippen LogP contribution in [-0.4, -0.2) is 21.4 Å². The third kappa shape index (κ3) is 2.68. The van der Waals surface area contributed by atoms with Gasteiger partial charge in [-0.3, -0.25) is 0 Å². The Kier molecular flexibility index (Phi) is 4.18. The first-order chi connectivity index (χ1) is 8.36. The summed E-state index contributed by atoms with van der Waals surface area (Å²) in [6.07, 6.45) is 5.00. The van der Waals surface area contributed by atoms with E-state index >= 15 is 0 Å². The van der Waals surface area contributed by atoms with E-state index in [4.69, 9.17) is 5.11 Å². The van der Waals surface area contributed by atoms with Crippen molar-refractivity contribution in [3.8, 4) is 0 Å². The lowest BCUT2D eigenvalue weighted by Gasteiger charge is -2.04. The van der Waals surface area contributed by atoms with Crippen LogP contribution in [0.4, 0.5) is 0 Å². The van der Waals surface area contributed by atoms with Crippen LogP contribution >= 0.6 is 0 Å². The van der Waals surface area contributed by atoms with Gasteiger partial charge in [-0.15, -0.1) is 0 Å². The van der Waals surface area contributed by atoms with E-state index in [1.54, 1.807) is 0 Å². The first kappa shape index (κ1) is 12.1. The Morgan fingerprint density at radius 1 is 1.00 bits per heavy atom. The highest BCUT2D eigenvalue weighted by atomic mass is 16.3. The van der Waals surface area contributed by atoms with Crippen molar-refractivity contribution in [2.75, 3.05) is 6.61 Å². The molecule has 0 aliphatic rings. The van der Waals surface area contributed by atoms with Crippen molar-refractivity contribution >= 4 is 10.9 Å². The molecule has 0 atom stereocenters. The lowest BCUT2D eigenvalue weighted by Crippen LogP contribution is -1.96. The van der Waals surface area contributed by atoms with E-state index in [0.29, 0.717) is 0 Å². The van der Waals surface area contributed by atoms with Crippen LogP contribution in [-0.2, 0) is 13.2 Å². The van der Waals surface area contributed by atoms with E-state index in [-0.39, 0.29) is 13.2 Å². The highest BCUT2D eigenvalue weighted by Gasteiger charge is 2.06. The fourth-order valence-electron chi connectivity index (χ4n) is 2.20. The Hall–Kier alpha value is -1.32. The van der Waals surface area contributed by atoms with Gasteiger partial charge >= 0.3 is 0 Å². The van der Waals surface area contributed by atoms with Crippen molar-refractivity contribution < 1.29 is 10.2 Å². The van der Waals surface area contributed by atoms with E-state index in [2.05, 4.69) is 10.6 Å². The number of aliphatic hydroxyl groups excluding tert-OH is 2. The predicted molar refractivity (Wildman–Crippen MR) is 68.8 cm³/mol. The lowest BCUT2D eigenvalue weighted by atomic mass is 10.2. The van der Waals surface area contributed by atoms with Crippen LogP contribution < -0.4 is 0 Å². The summed E-state index contributed by atoms with van der Waals surface area (Å²) in [7, 11) is 0. The van der Waals surface area contributed by atoms with E-state index in [0.717, 1.165) is 36.8 Å². The van der Waals surface area contributed by atoms with Crippen LogP contribution in [0, 0.1) is 0 Å². The highest BCUT2D eigenvalue weighted by Crippen LogP contribution is 2.21. The first-order valence-electron chi connectivity index (χ1n) is 6.15. The fraction of sp³-hybridized carbons (Fsp3) is 0.429. The quantitative estimate of drug-likeness (QED) is 0.752. The van der Waals surface area contributed by atoms with Crippen molar-refractivity contribution in [3.05, 3.63) is 36.0 Å². The standard InChI is InChI=1S/C14H19NO2/c16-9-5-1-4-8-15-10-12(11-17)13-6-2-3-7-14(13)15/h2-3,6-7,10,16-17H,1,4-5,8-9,11H2. The number of hydrogen-bond donors (Lipinski definition) is 2. The smallest absolute Gasteiger partial charge is 0.0702 e. The van der Waals surface area contributed by atoms with Crippen LogP contribution in [0.2, 0.25) is 0 Å². The molecular weight excluding hydrogens is 214 g/mol. The second-order valence-electron chi connectivity index (χ2n) is 4.31. The van der Waals surface area contributed by atoms with Gasteiger partial charge in [0.2, 0.25) is 0 Å². The monoisotopic (exact) mass is 233 g/mol. The summed E-state index contributed by atoms with van der Waals surface area (Å²) in [6.45, 7) is 1.30. The van der Waals surface area contributed by atoms with Crippen LogP contribution in [0.1, 0.15) is 24.8 Å². The molecule has 2 rings (SSSR count). The molecule has 3 nitrogen and oxygen atoms in total. The number of para-hydroxylation sites is 1. The van der Waals surface area contributed by atoms with E-state index in [1.165, 1.54) is 5.52 Å². The van der Waals surface area contributed by atoms with Gasteiger partial charge in [0.15, 0.2) is 0 Å². The SMILES string of the molecule is OCCCCCn1cc(CO)c2ccccc21. The fourth-order valence-corrected chi connectivity index (χ4v) is 2.20. The molecule has 0 fully saturated rings. The molecule has 92 valence electrons. The van der Waals surface area contributed by atoms with Crippen LogP contribution in [0.15, 0.2) is 30.5 Å². The number of hydrogen-bond acceptors (Lipinski definition) is 2. The molecule has 1 aromatic carbocycles. The second-order valence-corrected chi connectivity index (χ2v) is 4.31. The summed E-state index contributed by atoms with van der Waals surface area (Å²) in [5.41, 5.74) is 2.17. The molecule has 17 heavy (non-hydrogen) atoms. The van der Waals surface area contributed by atoms with Gasteiger partial charge in [0, 0.05) is 35.8 Å². The summed E-state index contributed by atoms with van der Waals surface area (Å²) in [6, 6.07) is 8.15. The zero-order valence-corrected chi connectivity index (χ0v) is 9.97. The van der Waals surface area contributed by atoms with Gasteiger partial charge in [-0.25, -0.2) is 0 Å². The first-order valence-corrected chi connectivity index (χ1v) is 6.15. The second kappa shape index (κ2) is 5.84. The maximum atomic E-state index is 9.31. The number of nitrogens with zero attached hydrogens (tertiary/aromatic N) is 1. The third-order valence-electron chi connectivity index (χ3n) is 3.10. The molecule has 2 aromatic rings. The third-order valence-corrected chi connectivity index (χ3v) is 3.10. The Morgan fingerprint density at radius 3 is 2.59 bits per heavy atom. The van der Waals surface area contributed by atoms with Gasteiger partial charge in [0.1, 0.15) is 0 Å². The number of aliphatic hydroxyl groups is 2. The van der Waals surface area contributed by atoms with Crippen LogP contribution in [0.5, 0.6) is 0 Å². The van der Waals surface area contributed by atoms with Gasteiger partial charge in [-0.1, -0.05) is 18.2 Å². The average molecular weight is 233 g/mol. The molecule has 1 heterocycles. The Bertz CT molecular complexity index is 476. The Balaban J connectivity index is 2.16. The van der Waals surface area contributed by atoms with Crippen molar-refractivity contribution in [2.45, 2.75) is 32.4 Å². The minimum atomic E-state index is 0.0875. The number of aryl methyl sites for hydroxylation is 1. The zero-order valence-electron chi connectivity index (χ0n) is 9.97. The van der Waals surface area contributed by atoms with Gasteiger partial charge in [0.25, 0.3) is 0 Å². The summed E-state index contributed by atoms with van der Waals surface area (Å²) < 4.78 is 2.19. The van der Waals surface area contributed by atoms with Crippen LogP contribution in [0.25, 0.3) is 10.9 Å². The summed E-state index contributed by atoms with van der Waals surface area (Å²) >= 11 is 0. The molecule has 0 unspecified atom stereocenters. The molecule has 1 aromatic heterocycles. The Morgan fingerprint density at radius 2 is 1.82 bits per heavy atom. The molecule has 0 saturated heterocycles. The zero-order chi connectivity index (χ0) is 12.1. The number of unbranched alkanes of at least 4 members (excludes halogenated alkanes) is 2. The van der Waals surface area contributed by atoms with Crippen molar-refractivity contribution in [2.24, 2.45) is 0 Å². The largest absolute Gasteiger partial charge is 0.396 e. The van der Waals surface area contributed by atoms with Crippen molar-refractivity contribution in [1.29, 1.82) is 0 Å². The average Bonchev–Trinajstić information content (AvgIpc) is 2.73. The molecule has 0 aliphatic heterocycles. The van der Waals surface area contributed by atoms with Gasteiger partial charge < -0.3 is 14.8 Å². The highest BCUT2D eigenvalue weighted by molar-refractivity contribution is 5.83. The summed E-state index contributed by atoms with van der Waals surface area (Å²) in [4.78, 5) is 0. The number of rotatable bonds is 6. The minimum absolute atomic E-state index is 0.0875. The molecule has 0 bridgehead atoms. The predicted octanol–water partition coefficient (Wildman–Crippen LogP) is 2.30. The summed E-state index contributed by atoms with van der Waals surface area (Å²) in [5.74, 6) is 0. The maximum absolute atomic E-state index is 9.31. The molecule has 3 heteroatoms.